The van der Waals surface area contributed by atoms with E-state index in [0.29, 0.717) is 28.3 Å². The van der Waals surface area contributed by atoms with Crippen LogP contribution in [-0.4, -0.2) is 37.2 Å². The van der Waals surface area contributed by atoms with Crippen LogP contribution in [0.5, 0.6) is 0 Å². The van der Waals surface area contributed by atoms with Gasteiger partial charge in [0.15, 0.2) is 11.2 Å². The molecule has 2 aliphatic rings. The van der Waals surface area contributed by atoms with Gasteiger partial charge in [-0.2, -0.15) is 4.98 Å². The molecule has 2 heterocycles. The van der Waals surface area contributed by atoms with Gasteiger partial charge in [-0.15, -0.1) is 0 Å². The van der Waals surface area contributed by atoms with E-state index in [0.717, 1.165) is 0 Å². The number of esters is 1. The number of aromatic nitrogens is 1. The molecule has 1 aliphatic carbocycles. The molecule has 8 heteroatoms. The number of hydrogen-bond acceptors (Lipinski definition) is 7. The first-order valence-electron chi connectivity index (χ1n) is 8.07. The highest BCUT2D eigenvalue weighted by atomic mass is 16.6. The summed E-state index contributed by atoms with van der Waals surface area (Å²) in [6.45, 7) is 1.99. The monoisotopic (exact) mass is 355 g/mol. The van der Waals surface area contributed by atoms with Gasteiger partial charge in [0.2, 0.25) is 5.91 Å². The molecule has 1 amide bonds. The van der Waals surface area contributed by atoms with Crippen molar-refractivity contribution in [2.24, 2.45) is 0 Å². The maximum atomic E-state index is 13.1. The van der Waals surface area contributed by atoms with Crippen LogP contribution in [-0.2, 0) is 24.5 Å². The largest absolute Gasteiger partial charge is 0.460 e. The number of nitrogen functional groups attached to an aromatic ring is 1. The van der Waals surface area contributed by atoms with E-state index in [2.05, 4.69) is 10.3 Å². The zero-order chi connectivity index (χ0) is 18.5. The van der Waals surface area contributed by atoms with Crippen molar-refractivity contribution >= 4 is 17.9 Å². The number of carbonyl (C=O) groups is 2. The van der Waals surface area contributed by atoms with Crippen molar-refractivity contribution < 1.29 is 23.5 Å². The minimum Gasteiger partial charge on any atom is -0.460 e. The molecule has 26 heavy (non-hydrogen) atoms. The second-order valence-electron chi connectivity index (χ2n) is 6.11. The van der Waals surface area contributed by atoms with Crippen molar-refractivity contribution in [1.82, 2.24) is 10.3 Å². The van der Waals surface area contributed by atoms with Gasteiger partial charge in [0.05, 0.1) is 12.2 Å². The molecule has 3 N–H and O–H groups in total. The van der Waals surface area contributed by atoms with Gasteiger partial charge in [0, 0.05) is 18.4 Å². The summed E-state index contributed by atoms with van der Waals surface area (Å²) in [4.78, 5) is 30.2. The number of hydrogen-bond donors (Lipinski definition) is 2. The normalized spacial score (nSPS) is 20.3. The Kier molecular flexibility index (Phi) is 3.58. The highest BCUT2D eigenvalue weighted by molar-refractivity contribution is 6.14. The molecule has 1 aromatic heterocycles. The summed E-state index contributed by atoms with van der Waals surface area (Å²) in [6.07, 6.45) is 0. The molecule has 0 bridgehead atoms. The maximum Gasteiger partial charge on any atom is 0.337 e. The van der Waals surface area contributed by atoms with E-state index in [-0.39, 0.29) is 30.7 Å². The van der Waals surface area contributed by atoms with Crippen LogP contribution in [0, 0.1) is 0 Å². The zero-order valence-corrected chi connectivity index (χ0v) is 14.3. The van der Waals surface area contributed by atoms with Gasteiger partial charge in [0.1, 0.15) is 12.3 Å². The Morgan fingerprint density at radius 2 is 2.12 bits per heavy atom. The number of allylic oxidation sites excluding steroid dienone is 1. The molecule has 0 radical (unpaired) electrons. The Balaban J connectivity index is 1.93. The predicted molar refractivity (Wildman–Crippen MR) is 90.8 cm³/mol. The van der Waals surface area contributed by atoms with Gasteiger partial charge in [-0.25, -0.2) is 4.79 Å². The molecule has 0 saturated carbocycles. The number of nitrogens with zero attached hydrogens (tertiary/aromatic N) is 1. The highest BCUT2D eigenvalue weighted by Crippen LogP contribution is 2.55. The molecular weight excluding hydrogens is 338 g/mol. The number of oxazole rings is 1. The Bertz CT molecular complexity index is 961. The number of fused-ring (bicyclic) bond motifs is 5. The molecule has 0 fully saturated rings. The molecule has 0 saturated heterocycles. The van der Waals surface area contributed by atoms with Crippen LogP contribution in [0.4, 0.5) is 6.01 Å². The second-order valence-corrected chi connectivity index (χ2v) is 6.11. The zero-order valence-electron chi connectivity index (χ0n) is 14.3. The summed E-state index contributed by atoms with van der Waals surface area (Å²) >= 11 is 0. The lowest BCUT2D eigenvalue weighted by atomic mass is 9.75. The molecule has 134 valence electrons. The average Bonchev–Trinajstić information content (AvgIpc) is 3.20. The van der Waals surface area contributed by atoms with Crippen LogP contribution in [0.1, 0.15) is 18.2 Å². The first kappa shape index (κ1) is 16.3. The van der Waals surface area contributed by atoms with Crippen LogP contribution in [0.3, 0.4) is 0 Å². The number of rotatable bonds is 4. The first-order valence-corrected chi connectivity index (χ1v) is 8.07. The SMILES string of the molecule is COCCOC(=O)C1=C(C)NC(=O)C12c1ccccc1-c1oc(N)nc12. The molecule has 1 unspecified atom stereocenters. The Labute approximate surface area is 149 Å². The fourth-order valence-corrected chi connectivity index (χ4v) is 3.71. The summed E-state index contributed by atoms with van der Waals surface area (Å²) in [5.41, 5.74) is 6.53. The third kappa shape index (κ3) is 1.96. The van der Waals surface area contributed by atoms with Gasteiger partial charge in [-0.3, -0.25) is 4.79 Å². The molecule has 1 aliphatic heterocycles. The fraction of sp³-hybridized carbons (Fsp3) is 0.278. The minimum absolute atomic E-state index is 0.0617. The number of benzene rings is 1. The average molecular weight is 355 g/mol. The number of ether oxygens (including phenoxy) is 2. The van der Waals surface area contributed by atoms with Crippen molar-refractivity contribution in [1.29, 1.82) is 0 Å². The number of nitrogens with two attached hydrogens (primary N) is 1. The first-order chi connectivity index (χ1) is 12.5. The molecule has 1 aromatic carbocycles. The number of methoxy groups -OCH3 is 1. The summed E-state index contributed by atoms with van der Waals surface area (Å²) in [7, 11) is 1.51. The third-order valence-corrected chi connectivity index (χ3v) is 4.69. The van der Waals surface area contributed by atoms with Gasteiger partial charge < -0.3 is 24.9 Å². The van der Waals surface area contributed by atoms with E-state index in [1.165, 1.54) is 7.11 Å². The van der Waals surface area contributed by atoms with E-state index in [9.17, 15) is 9.59 Å². The number of nitrogens with one attached hydrogen (secondary N) is 1. The topological polar surface area (TPSA) is 117 Å². The van der Waals surface area contributed by atoms with Crippen molar-refractivity contribution in [2.45, 2.75) is 12.3 Å². The van der Waals surface area contributed by atoms with Crippen molar-refractivity contribution in [3.05, 3.63) is 46.8 Å². The van der Waals surface area contributed by atoms with E-state index in [1.54, 1.807) is 19.1 Å². The van der Waals surface area contributed by atoms with E-state index in [4.69, 9.17) is 19.6 Å². The van der Waals surface area contributed by atoms with Crippen molar-refractivity contribution in [2.75, 3.05) is 26.1 Å². The maximum absolute atomic E-state index is 13.1. The predicted octanol–water partition coefficient (Wildman–Crippen LogP) is 1.12. The number of amides is 1. The van der Waals surface area contributed by atoms with Gasteiger partial charge in [-0.05, 0) is 12.5 Å². The summed E-state index contributed by atoms with van der Waals surface area (Å²) in [5, 5.41) is 2.75. The molecule has 4 rings (SSSR count). The van der Waals surface area contributed by atoms with Crippen molar-refractivity contribution in [3.8, 4) is 11.3 Å². The Hall–Kier alpha value is -3.13. The standard InChI is InChI=1S/C18H17N3O5/c1-9-12(15(22)25-8-7-24-2)18(16(23)20-9)11-6-4-3-5-10(11)13-14(18)21-17(19)26-13/h3-6H,7-8H2,1-2H3,(H2,19,21)(H,20,23). The molecule has 2 aromatic rings. The smallest absolute Gasteiger partial charge is 0.337 e. The Morgan fingerprint density at radius 1 is 1.35 bits per heavy atom. The lowest BCUT2D eigenvalue weighted by molar-refractivity contribution is -0.141. The lowest BCUT2D eigenvalue weighted by Gasteiger charge is -2.24. The van der Waals surface area contributed by atoms with Crippen LogP contribution in [0.15, 0.2) is 40.0 Å². The Morgan fingerprint density at radius 3 is 2.88 bits per heavy atom. The van der Waals surface area contributed by atoms with Crippen LogP contribution in [0.2, 0.25) is 0 Å². The summed E-state index contributed by atoms with van der Waals surface area (Å²) in [6, 6.07) is 7.14. The summed E-state index contributed by atoms with van der Waals surface area (Å²) in [5.74, 6) is -0.597. The number of anilines is 1. The molecular formula is C18H17N3O5. The van der Waals surface area contributed by atoms with Crippen molar-refractivity contribution in [3.63, 3.8) is 0 Å². The highest BCUT2D eigenvalue weighted by Gasteiger charge is 2.61. The van der Waals surface area contributed by atoms with Crippen LogP contribution >= 0.6 is 0 Å². The second kappa shape index (κ2) is 5.70. The number of carbonyl (C=O) groups excluding carboxylic acids is 2. The molecule has 1 atom stereocenters. The van der Waals surface area contributed by atoms with Crippen LogP contribution in [0.25, 0.3) is 11.3 Å². The quantitative estimate of drug-likeness (QED) is 0.623. The minimum atomic E-state index is -1.43. The van der Waals surface area contributed by atoms with E-state index >= 15 is 0 Å². The fourth-order valence-electron chi connectivity index (χ4n) is 3.71. The van der Waals surface area contributed by atoms with E-state index in [1.807, 2.05) is 12.1 Å². The van der Waals surface area contributed by atoms with Gasteiger partial charge >= 0.3 is 5.97 Å². The van der Waals surface area contributed by atoms with Gasteiger partial charge in [0.25, 0.3) is 6.01 Å². The molecule has 1 spiro atoms. The van der Waals surface area contributed by atoms with Gasteiger partial charge in [-0.1, -0.05) is 24.3 Å². The van der Waals surface area contributed by atoms with Crippen LogP contribution < -0.4 is 11.1 Å². The van der Waals surface area contributed by atoms with E-state index < -0.39 is 11.4 Å². The molecule has 8 nitrogen and oxygen atoms in total. The summed E-state index contributed by atoms with van der Waals surface area (Å²) < 4.78 is 15.8. The lowest BCUT2D eigenvalue weighted by Crippen LogP contribution is -2.40. The third-order valence-electron chi connectivity index (χ3n) is 4.69.